The van der Waals surface area contributed by atoms with E-state index in [4.69, 9.17) is 11.6 Å². The van der Waals surface area contributed by atoms with E-state index >= 15 is 0 Å². The zero-order chi connectivity index (χ0) is 12.6. The van der Waals surface area contributed by atoms with Crippen LogP contribution in [0.25, 0.3) is 5.69 Å². The third kappa shape index (κ3) is 2.01. The van der Waals surface area contributed by atoms with Gasteiger partial charge in [0.2, 0.25) is 0 Å². The molecule has 0 unspecified atom stereocenters. The van der Waals surface area contributed by atoms with Crippen molar-refractivity contribution in [3.05, 3.63) is 51.8 Å². The molecule has 0 aliphatic carbocycles. The first-order chi connectivity index (χ1) is 8.04. The van der Waals surface area contributed by atoms with Crippen LogP contribution in [-0.4, -0.2) is 10.9 Å². The van der Waals surface area contributed by atoms with Crippen molar-refractivity contribution in [2.24, 2.45) is 0 Å². The fourth-order valence-electron chi connectivity index (χ4n) is 2.03. The van der Waals surface area contributed by atoms with Gasteiger partial charge < -0.3 is 4.57 Å². The summed E-state index contributed by atoms with van der Waals surface area (Å²) in [6.07, 6.45) is 0.884. The number of rotatable bonds is 2. The summed E-state index contributed by atoms with van der Waals surface area (Å²) in [5.74, 6) is 0. The van der Waals surface area contributed by atoms with Crippen LogP contribution in [0.2, 0.25) is 5.02 Å². The quantitative estimate of drug-likeness (QED) is 0.739. The summed E-state index contributed by atoms with van der Waals surface area (Å²) in [5.41, 5.74) is 4.73. The van der Waals surface area contributed by atoms with Gasteiger partial charge in [-0.3, -0.25) is 4.79 Å². The first kappa shape index (κ1) is 11.9. The normalized spacial score (nSPS) is 10.6. The van der Waals surface area contributed by atoms with Crippen molar-refractivity contribution in [2.75, 3.05) is 0 Å². The van der Waals surface area contributed by atoms with E-state index in [0.717, 1.165) is 39.5 Å². The van der Waals surface area contributed by atoms with E-state index in [1.807, 2.05) is 49.6 Å². The average Bonchev–Trinajstić information content (AvgIpc) is 2.58. The van der Waals surface area contributed by atoms with Crippen LogP contribution in [0, 0.1) is 20.8 Å². The number of benzene rings is 1. The van der Waals surface area contributed by atoms with Gasteiger partial charge in [0.15, 0.2) is 6.29 Å². The van der Waals surface area contributed by atoms with Crippen LogP contribution < -0.4 is 0 Å². The largest absolute Gasteiger partial charge is 0.318 e. The first-order valence-corrected chi connectivity index (χ1v) is 5.83. The minimum absolute atomic E-state index is 0.721. The number of halogens is 1. The lowest BCUT2D eigenvalue weighted by Crippen LogP contribution is -1.99. The molecular weight excluding hydrogens is 234 g/mol. The average molecular weight is 248 g/mol. The van der Waals surface area contributed by atoms with E-state index in [-0.39, 0.29) is 0 Å². The predicted molar refractivity (Wildman–Crippen MR) is 70.4 cm³/mol. The lowest BCUT2D eigenvalue weighted by Gasteiger charge is -2.10. The van der Waals surface area contributed by atoms with Crippen molar-refractivity contribution in [3.8, 4) is 5.69 Å². The molecule has 0 bridgehead atoms. The summed E-state index contributed by atoms with van der Waals surface area (Å²) in [4.78, 5) is 10.9. The first-order valence-electron chi connectivity index (χ1n) is 5.45. The summed E-state index contributed by atoms with van der Waals surface area (Å²) >= 11 is 6.13. The van der Waals surface area contributed by atoms with Crippen molar-refractivity contribution in [3.63, 3.8) is 0 Å². The lowest BCUT2D eigenvalue weighted by molar-refractivity contribution is 0.112. The Hall–Kier alpha value is -1.54. The SMILES string of the molecule is Cc1ccc(-n2c(C)cc(C=O)c2C)cc1Cl. The number of carbonyl (C=O) groups excluding carboxylic acids is 1. The highest BCUT2D eigenvalue weighted by Gasteiger charge is 2.10. The molecule has 0 N–H and O–H groups in total. The topological polar surface area (TPSA) is 22.0 Å². The molecule has 0 saturated carbocycles. The Labute approximate surface area is 106 Å². The molecular formula is C14H14ClNO. The Bertz CT molecular complexity index is 584. The maximum atomic E-state index is 10.9. The molecule has 17 heavy (non-hydrogen) atoms. The minimum Gasteiger partial charge on any atom is -0.318 e. The molecule has 0 atom stereocenters. The van der Waals surface area contributed by atoms with Crippen molar-refractivity contribution in [1.29, 1.82) is 0 Å². The maximum absolute atomic E-state index is 10.9. The van der Waals surface area contributed by atoms with Crippen LogP contribution in [-0.2, 0) is 0 Å². The standard InChI is InChI=1S/C14H14ClNO/c1-9-4-5-13(7-14(9)15)16-10(2)6-12(8-17)11(16)3/h4-8H,1-3H3. The Morgan fingerprint density at radius 1 is 1.18 bits per heavy atom. The zero-order valence-electron chi connectivity index (χ0n) is 10.1. The smallest absolute Gasteiger partial charge is 0.151 e. The molecule has 1 aromatic heterocycles. The molecule has 0 fully saturated rings. The summed E-state index contributed by atoms with van der Waals surface area (Å²) in [6, 6.07) is 7.80. The minimum atomic E-state index is 0.721. The van der Waals surface area contributed by atoms with Gasteiger partial charge >= 0.3 is 0 Å². The Kier molecular flexibility index (Phi) is 3.07. The molecule has 0 amide bonds. The number of carbonyl (C=O) groups is 1. The maximum Gasteiger partial charge on any atom is 0.151 e. The zero-order valence-corrected chi connectivity index (χ0v) is 10.9. The highest BCUT2D eigenvalue weighted by atomic mass is 35.5. The van der Waals surface area contributed by atoms with Crippen LogP contribution in [0.1, 0.15) is 27.3 Å². The van der Waals surface area contributed by atoms with E-state index < -0.39 is 0 Å². The molecule has 1 aromatic carbocycles. The van der Waals surface area contributed by atoms with Crippen LogP contribution in [0.15, 0.2) is 24.3 Å². The Morgan fingerprint density at radius 3 is 2.41 bits per heavy atom. The number of hydrogen-bond acceptors (Lipinski definition) is 1. The molecule has 0 spiro atoms. The van der Waals surface area contributed by atoms with Crippen LogP contribution in [0.5, 0.6) is 0 Å². The van der Waals surface area contributed by atoms with Gasteiger partial charge in [0, 0.05) is 27.7 Å². The number of aromatic nitrogens is 1. The van der Waals surface area contributed by atoms with Crippen LogP contribution >= 0.6 is 11.6 Å². The number of aldehydes is 1. The highest BCUT2D eigenvalue weighted by Crippen LogP contribution is 2.24. The van der Waals surface area contributed by atoms with Crippen molar-refractivity contribution < 1.29 is 4.79 Å². The monoisotopic (exact) mass is 247 g/mol. The Balaban J connectivity index is 2.63. The molecule has 3 heteroatoms. The molecule has 0 aliphatic rings. The van der Waals surface area contributed by atoms with Crippen molar-refractivity contribution in [1.82, 2.24) is 4.57 Å². The molecule has 0 aliphatic heterocycles. The van der Waals surface area contributed by atoms with Gasteiger partial charge in [-0.1, -0.05) is 17.7 Å². The third-order valence-electron chi connectivity index (χ3n) is 3.01. The molecule has 0 radical (unpaired) electrons. The fraction of sp³-hybridized carbons (Fsp3) is 0.214. The van der Waals surface area contributed by atoms with Gasteiger partial charge in [0.05, 0.1) is 0 Å². The van der Waals surface area contributed by atoms with Gasteiger partial charge in [0.25, 0.3) is 0 Å². The van der Waals surface area contributed by atoms with Crippen LogP contribution in [0.3, 0.4) is 0 Å². The Morgan fingerprint density at radius 2 is 1.88 bits per heavy atom. The molecule has 0 saturated heterocycles. The van der Waals surface area contributed by atoms with Gasteiger partial charge in [-0.25, -0.2) is 0 Å². The molecule has 2 nitrogen and oxygen atoms in total. The summed E-state index contributed by atoms with van der Waals surface area (Å²) < 4.78 is 2.04. The van der Waals surface area contributed by atoms with Crippen molar-refractivity contribution >= 4 is 17.9 Å². The number of hydrogen-bond donors (Lipinski definition) is 0. The van der Waals surface area contributed by atoms with E-state index in [1.54, 1.807) is 0 Å². The van der Waals surface area contributed by atoms with Gasteiger partial charge in [0.1, 0.15) is 0 Å². The molecule has 2 aromatic rings. The summed E-state index contributed by atoms with van der Waals surface area (Å²) in [6.45, 7) is 5.89. The predicted octanol–water partition coefficient (Wildman–Crippen LogP) is 3.87. The third-order valence-corrected chi connectivity index (χ3v) is 3.42. The van der Waals surface area contributed by atoms with Crippen molar-refractivity contribution in [2.45, 2.75) is 20.8 Å². The number of aryl methyl sites for hydroxylation is 2. The van der Waals surface area contributed by atoms with E-state index in [2.05, 4.69) is 0 Å². The molecule has 2 rings (SSSR count). The second-order valence-corrected chi connectivity index (χ2v) is 4.62. The van der Waals surface area contributed by atoms with Gasteiger partial charge in [-0.2, -0.15) is 0 Å². The summed E-state index contributed by atoms with van der Waals surface area (Å²) in [5, 5.41) is 0.739. The van der Waals surface area contributed by atoms with E-state index in [0.29, 0.717) is 0 Å². The molecule has 88 valence electrons. The number of nitrogens with zero attached hydrogens (tertiary/aromatic N) is 1. The lowest BCUT2D eigenvalue weighted by atomic mass is 10.2. The second-order valence-electron chi connectivity index (χ2n) is 4.21. The highest BCUT2D eigenvalue weighted by molar-refractivity contribution is 6.31. The van der Waals surface area contributed by atoms with E-state index in [1.165, 1.54) is 0 Å². The molecule has 1 heterocycles. The van der Waals surface area contributed by atoms with Crippen LogP contribution in [0.4, 0.5) is 0 Å². The fourth-order valence-corrected chi connectivity index (χ4v) is 2.20. The summed E-state index contributed by atoms with van der Waals surface area (Å²) in [7, 11) is 0. The second kappa shape index (κ2) is 4.38. The van der Waals surface area contributed by atoms with E-state index in [9.17, 15) is 4.79 Å². The van der Waals surface area contributed by atoms with Gasteiger partial charge in [-0.15, -0.1) is 0 Å². The van der Waals surface area contributed by atoms with Gasteiger partial charge in [-0.05, 0) is 44.5 Å².